The molecule has 0 amide bonds. The summed E-state index contributed by atoms with van der Waals surface area (Å²) in [7, 11) is 5.02. The van der Waals surface area contributed by atoms with Crippen LogP contribution in [0.2, 0.25) is 0 Å². The Morgan fingerprint density at radius 2 is 1.64 bits per heavy atom. The second-order valence-corrected chi connectivity index (χ2v) is 6.57. The first-order valence-corrected chi connectivity index (χ1v) is 9.45. The third-order valence-electron chi connectivity index (χ3n) is 4.89. The van der Waals surface area contributed by atoms with E-state index in [1.54, 1.807) is 27.6 Å². The Kier molecular flexibility index (Phi) is 6.98. The van der Waals surface area contributed by atoms with Crippen molar-refractivity contribution in [1.82, 2.24) is 0 Å². The van der Waals surface area contributed by atoms with Gasteiger partial charge in [-0.25, -0.2) is 0 Å². The summed E-state index contributed by atoms with van der Waals surface area (Å²) in [6.45, 7) is 1.83. The molecule has 3 rings (SSSR count). The topological polar surface area (TPSA) is 57.4 Å². The lowest BCUT2D eigenvalue weighted by atomic mass is 9.92. The zero-order chi connectivity index (χ0) is 19.8. The number of hydrogen-bond donors (Lipinski definition) is 1. The molecule has 0 bridgehead atoms. The quantitative estimate of drug-likeness (QED) is 0.545. The van der Waals surface area contributed by atoms with Crippen LogP contribution >= 0.6 is 0 Å². The van der Waals surface area contributed by atoms with Crippen LogP contribution in [0.5, 0.6) is 17.2 Å². The summed E-state index contributed by atoms with van der Waals surface area (Å²) in [6.07, 6.45) is 2.67. The Hall–Kier alpha value is -2.92. The number of furan rings is 1. The van der Waals surface area contributed by atoms with Crippen molar-refractivity contribution in [3.05, 3.63) is 77.7 Å². The van der Waals surface area contributed by atoms with Gasteiger partial charge in [-0.2, -0.15) is 0 Å². The molecule has 0 saturated heterocycles. The highest BCUT2D eigenvalue weighted by atomic mass is 16.5. The summed E-state index contributed by atoms with van der Waals surface area (Å²) in [4.78, 5) is 0. The van der Waals surface area contributed by atoms with Crippen molar-refractivity contribution in [2.75, 3.05) is 27.9 Å². The Bertz CT molecular complexity index is 861. The molecule has 2 aromatic carbocycles. The van der Waals surface area contributed by atoms with Crippen LogP contribution in [0.25, 0.3) is 0 Å². The fourth-order valence-corrected chi connectivity index (χ4v) is 3.46. The van der Waals surface area contributed by atoms with Crippen molar-refractivity contribution < 1.29 is 23.9 Å². The van der Waals surface area contributed by atoms with E-state index in [0.717, 1.165) is 48.1 Å². The fourth-order valence-electron chi connectivity index (χ4n) is 3.46. The average Bonchev–Trinajstić information content (AvgIpc) is 3.28. The molecule has 3 aromatic rings. The van der Waals surface area contributed by atoms with Gasteiger partial charge in [-0.05, 0) is 36.4 Å². The van der Waals surface area contributed by atoms with Crippen molar-refractivity contribution in [2.24, 2.45) is 0 Å². The summed E-state index contributed by atoms with van der Waals surface area (Å²) >= 11 is 0. The highest BCUT2D eigenvalue weighted by Crippen LogP contribution is 2.34. The summed E-state index contributed by atoms with van der Waals surface area (Å²) in [5, 5.41) is 2.30. The maximum Gasteiger partial charge on any atom is 0.161 e. The Morgan fingerprint density at radius 1 is 0.857 bits per heavy atom. The van der Waals surface area contributed by atoms with Gasteiger partial charge in [0, 0.05) is 17.5 Å². The first-order chi connectivity index (χ1) is 13.8. The number of hydrogen-bond acceptors (Lipinski definition) is 4. The third kappa shape index (κ3) is 4.67. The van der Waals surface area contributed by atoms with E-state index in [1.165, 1.54) is 5.56 Å². The molecule has 0 radical (unpaired) electrons. The highest BCUT2D eigenvalue weighted by Gasteiger charge is 2.21. The van der Waals surface area contributed by atoms with E-state index in [4.69, 9.17) is 18.6 Å². The molecule has 0 aliphatic heterocycles. The first-order valence-electron chi connectivity index (χ1n) is 9.45. The second kappa shape index (κ2) is 9.85. The smallest absolute Gasteiger partial charge is 0.161 e. The van der Waals surface area contributed by atoms with Gasteiger partial charge in [0.15, 0.2) is 11.5 Å². The zero-order valence-electron chi connectivity index (χ0n) is 16.7. The number of quaternary nitrogens is 1. The van der Waals surface area contributed by atoms with Crippen LogP contribution in [-0.2, 0) is 6.54 Å². The maximum absolute atomic E-state index is 5.72. The molecule has 148 valence electrons. The van der Waals surface area contributed by atoms with Gasteiger partial charge >= 0.3 is 0 Å². The lowest BCUT2D eigenvalue weighted by Crippen LogP contribution is -2.82. The Morgan fingerprint density at radius 3 is 2.36 bits per heavy atom. The predicted octanol–water partition coefficient (Wildman–Crippen LogP) is 3.59. The fraction of sp³-hybridized carbons (Fsp3) is 0.304. The van der Waals surface area contributed by atoms with Crippen molar-refractivity contribution in [1.29, 1.82) is 0 Å². The Balaban J connectivity index is 1.65. The van der Waals surface area contributed by atoms with E-state index in [1.807, 2.05) is 42.5 Å². The van der Waals surface area contributed by atoms with E-state index < -0.39 is 0 Å². The Labute approximate surface area is 166 Å². The van der Waals surface area contributed by atoms with E-state index in [9.17, 15) is 0 Å². The first kappa shape index (κ1) is 19.8. The molecule has 0 saturated carbocycles. The van der Waals surface area contributed by atoms with Crippen LogP contribution in [0, 0.1) is 0 Å². The van der Waals surface area contributed by atoms with Gasteiger partial charge in [-0.15, -0.1) is 0 Å². The van der Waals surface area contributed by atoms with E-state index in [-0.39, 0.29) is 5.92 Å². The molecule has 0 unspecified atom stereocenters. The van der Waals surface area contributed by atoms with Crippen molar-refractivity contribution >= 4 is 0 Å². The monoisotopic (exact) mass is 382 g/mol. The number of para-hydroxylation sites is 1. The molecule has 28 heavy (non-hydrogen) atoms. The normalized spacial score (nSPS) is 11.8. The summed E-state index contributed by atoms with van der Waals surface area (Å²) in [5.41, 5.74) is 2.35. The van der Waals surface area contributed by atoms with Crippen LogP contribution < -0.4 is 19.5 Å². The molecule has 5 heteroatoms. The number of benzene rings is 2. The second-order valence-electron chi connectivity index (χ2n) is 6.57. The number of methoxy groups -OCH3 is 3. The molecular weight excluding hydrogens is 354 g/mol. The lowest BCUT2D eigenvalue weighted by Gasteiger charge is -2.17. The molecule has 0 spiro atoms. The average molecular weight is 382 g/mol. The minimum absolute atomic E-state index is 0.160. The van der Waals surface area contributed by atoms with Crippen molar-refractivity contribution in [3.63, 3.8) is 0 Å². The third-order valence-corrected chi connectivity index (χ3v) is 4.89. The molecular formula is C23H28NO4+. The van der Waals surface area contributed by atoms with Crippen LogP contribution in [0.3, 0.4) is 0 Å². The van der Waals surface area contributed by atoms with Crippen LogP contribution in [0.15, 0.2) is 65.3 Å². The standard InChI is InChI=1S/C23H27NO4/c1-25-20-8-5-4-7-18(20)19(21-9-6-14-28-21)12-13-24-16-17-10-11-22(26-2)23(15-17)27-3/h4-11,14-15,19,24H,12-13,16H2,1-3H3/p+1/t19-/m1/s1. The maximum atomic E-state index is 5.72. The highest BCUT2D eigenvalue weighted by molar-refractivity contribution is 5.42. The molecule has 0 aliphatic rings. The van der Waals surface area contributed by atoms with Gasteiger partial charge in [0.05, 0.1) is 40.1 Å². The number of rotatable bonds is 10. The number of ether oxygens (including phenoxy) is 3. The van der Waals surface area contributed by atoms with Crippen molar-refractivity contribution in [2.45, 2.75) is 18.9 Å². The van der Waals surface area contributed by atoms with Gasteiger partial charge in [0.1, 0.15) is 18.1 Å². The van der Waals surface area contributed by atoms with Crippen LogP contribution in [-0.4, -0.2) is 27.9 Å². The van der Waals surface area contributed by atoms with Gasteiger partial charge in [-0.1, -0.05) is 18.2 Å². The van der Waals surface area contributed by atoms with Crippen LogP contribution in [0.4, 0.5) is 0 Å². The van der Waals surface area contributed by atoms with Gasteiger partial charge < -0.3 is 23.9 Å². The summed E-state index contributed by atoms with van der Waals surface area (Å²) in [5.74, 6) is 3.52. The van der Waals surface area contributed by atoms with Crippen LogP contribution in [0.1, 0.15) is 29.2 Å². The SMILES string of the molecule is COc1ccc(C[NH2+]CC[C@@H](c2ccco2)c2ccccc2OC)cc1OC. The molecule has 0 aliphatic carbocycles. The largest absolute Gasteiger partial charge is 0.496 e. The van der Waals surface area contributed by atoms with Gasteiger partial charge in [0.25, 0.3) is 0 Å². The lowest BCUT2D eigenvalue weighted by molar-refractivity contribution is -0.671. The predicted molar refractivity (Wildman–Crippen MR) is 108 cm³/mol. The van der Waals surface area contributed by atoms with Crippen molar-refractivity contribution in [3.8, 4) is 17.2 Å². The molecule has 1 aromatic heterocycles. The molecule has 1 heterocycles. The molecule has 0 fully saturated rings. The molecule has 5 nitrogen and oxygen atoms in total. The van der Waals surface area contributed by atoms with Gasteiger partial charge in [-0.3, -0.25) is 0 Å². The summed E-state index contributed by atoms with van der Waals surface area (Å²) in [6, 6.07) is 18.2. The minimum Gasteiger partial charge on any atom is -0.496 e. The summed E-state index contributed by atoms with van der Waals surface area (Å²) < 4.78 is 22.0. The van der Waals surface area contributed by atoms with E-state index in [2.05, 4.69) is 17.4 Å². The van der Waals surface area contributed by atoms with Gasteiger partial charge in [0.2, 0.25) is 0 Å². The number of nitrogens with two attached hydrogens (primary N) is 1. The minimum atomic E-state index is 0.160. The van der Waals surface area contributed by atoms with E-state index in [0.29, 0.717) is 0 Å². The zero-order valence-corrected chi connectivity index (χ0v) is 16.7. The molecule has 1 atom stereocenters. The molecule has 2 N–H and O–H groups in total. The van der Waals surface area contributed by atoms with E-state index >= 15 is 0 Å².